The van der Waals surface area contributed by atoms with Gasteiger partial charge in [-0.25, -0.2) is 4.39 Å². The van der Waals surface area contributed by atoms with Crippen LogP contribution in [-0.4, -0.2) is 30.3 Å². The predicted octanol–water partition coefficient (Wildman–Crippen LogP) is 2.65. The molecule has 0 atom stereocenters. The van der Waals surface area contributed by atoms with E-state index in [0.717, 1.165) is 11.8 Å². The minimum Gasteiger partial charge on any atom is -0.383 e. The number of aromatic amines is 1. The Kier molecular flexibility index (Phi) is 2.95. The van der Waals surface area contributed by atoms with Crippen LogP contribution in [0.1, 0.15) is 16.1 Å². The number of rotatable bonds is 3. The molecule has 4 heteroatoms. The highest BCUT2D eigenvalue weighted by Gasteiger charge is 2.09. The molecular weight excluding hydrogens is 219 g/mol. The first-order chi connectivity index (χ1) is 8.11. The van der Waals surface area contributed by atoms with E-state index in [2.05, 4.69) is 4.98 Å². The van der Waals surface area contributed by atoms with Crippen molar-refractivity contribution in [1.82, 2.24) is 9.88 Å². The number of halogens is 1. The number of aldehydes is 1. The van der Waals surface area contributed by atoms with Gasteiger partial charge in [0.2, 0.25) is 0 Å². The second-order valence-corrected chi connectivity index (χ2v) is 4.04. The largest absolute Gasteiger partial charge is 0.383 e. The third-order valence-corrected chi connectivity index (χ3v) is 2.49. The van der Waals surface area contributed by atoms with Crippen molar-refractivity contribution in [2.24, 2.45) is 0 Å². The van der Waals surface area contributed by atoms with Crippen molar-refractivity contribution in [3.05, 3.63) is 41.5 Å². The van der Waals surface area contributed by atoms with Gasteiger partial charge in [-0.2, -0.15) is 0 Å². The van der Waals surface area contributed by atoms with Gasteiger partial charge in [0, 0.05) is 36.8 Å². The van der Waals surface area contributed by atoms with Crippen LogP contribution in [-0.2, 0) is 0 Å². The smallest absolute Gasteiger partial charge is 0.152 e. The molecule has 17 heavy (non-hydrogen) atoms. The molecule has 88 valence electrons. The van der Waals surface area contributed by atoms with Crippen molar-refractivity contribution in [3.8, 4) is 0 Å². The van der Waals surface area contributed by atoms with Crippen molar-refractivity contribution in [3.63, 3.8) is 0 Å². The summed E-state index contributed by atoms with van der Waals surface area (Å²) in [4.78, 5) is 16.0. The van der Waals surface area contributed by atoms with Crippen molar-refractivity contribution in [1.29, 1.82) is 0 Å². The SMILES string of the molecule is CN(C)C=Cc1[nH]c2ccc(F)cc2c1C=O. The fraction of sp³-hybridized carbons (Fsp3) is 0.154. The molecule has 0 unspecified atom stereocenters. The van der Waals surface area contributed by atoms with E-state index in [9.17, 15) is 9.18 Å². The summed E-state index contributed by atoms with van der Waals surface area (Å²) < 4.78 is 13.1. The van der Waals surface area contributed by atoms with E-state index in [1.165, 1.54) is 12.1 Å². The Morgan fingerprint density at radius 3 is 2.76 bits per heavy atom. The lowest BCUT2D eigenvalue weighted by atomic mass is 10.1. The fourth-order valence-electron chi connectivity index (χ4n) is 1.69. The van der Waals surface area contributed by atoms with E-state index in [1.807, 2.05) is 25.2 Å². The van der Waals surface area contributed by atoms with E-state index in [-0.39, 0.29) is 5.82 Å². The van der Waals surface area contributed by atoms with Crippen molar-refractivity contribution in [2.45, 2.75) is 0 Å². The maximum atomic E-state index is 13.1. The molecular formula is C13H13FN2O. The first-order valence-corrected chi connectivity index (χ1v) is 5.23. The summed E-state index contributed by atoms with van der Waals surface area (Å²) in [6.07, 6.45) is 4.36. The van der Waals surface area contributed by atoms with E-state index < -0.39 is 0 Å². The van der Waals surface area contributed by atoms with Crippen LogP contribution in [0.3, 0.4) is 0 Å². The van der Waals surface area contributed by atoms with Gasteiger partial charge in [-0.15, -0.1) is 0 Å². The van der Waals surface area contributed by atoms with E-state index in [4.69, 9.17) is 0 Å². The number of H-pyrrole nitrogens is 1. The van der Waals surface area contributed by atoms with Crippen molar-refractivity contribution < 1.29 is 9.18 Å². The van der Waals surface area contributed by atoms with Crippen LogP contribution < -0.4 is 0 Å². The molecule has 3 nitrogen and oxygen atoms in total. The average Bonchev–Trinajstić information content (AvgIpc) is 2.63. The Morgan fingerprint density at radius 2 is 2.12 bits per heavy atom. The number of hydrogen-bond acceptors (Lipinski definition) is 2. The maximum Gasteiger partial charge on any atom is 0.152 e. The summed E-state index contributed by atoms with van der Waals surface area (Å²) in [6.45, 7) is 0. The van der Waals surface area contributed by atoms with Gasteiger partial charge < -0.3 is 9.88 Å². The first kappa shape index (κ1) is 11.4. The lowest BCUT2D eigenvalue weighted by Gasteiger charge is -2.02. The van der Waals surface area contributed by atoms with E-state index in [0.29, 0.717) is 16.6 Å². The molecule has 1 aromatic heterocycles. The molecule has 0 radical (unpaired) electrons. The summed E-state index contributed by atoms with van der Waals surface area (Å²) in [5.41, 5.74) is 1.93. The van der Waals surface area contributed by atoms with Crippen molar-refractivity contribution >= 4 is 23.3 Å². The number of benzene rings is 1. The Balaban J connectivity index is 2.60. The Bertz CT molecular complexity index is 584. The topological polar surface area (TPSA) is 36.1 Å². The quantitative estimate of drug-likeness (QED) is 0.826. The Labute approximate surface area is 98.5 Å². The molecule has 1 heterocycles. The highest BCUT2D eigenvalue weighted by molar-refractivity contribution is 6.01. The van der Waals surface area contributed by atoms with E-state index in [1.54, 1.807) is 12.1 Å². The van der Waals surface area contributed by atoms with Gasteiger partial charge in [0.25, 0.3) is 0 Å². The molecule has 1 aromatic carbocycles. The molecule has 0 spiro atoms. The molecule has 2 rings (SSSR count). The number of nitrogens with one attached hydrogen (secondary N) is 1. The van der Waals surface area contributed by atoms with Crippen LogP contribution in [0.4, 0.5) is 4.39 Å². The number of carbonyl (C=O) groups is 1. The highest BCUT2D eigenvalue weighted by atomic mass is 19.1. The molecule has 0 aliphatic rings. The zero-order valence-corrected chi connectivity index (χ0v) is 9.70. The molecule has 2 aromatic rings. The summed E-state index contributed by atoms with van der Waals surface area (Å²) in [6, 6.07) is 4.36. The Morgan fingerprint density at radius 1 is 1.35 bits per heavy atom. The number of nitrogens with zero attached hydrogens (tertiary/aromatic N) is 1. The van der Waals surface area contributed by atoms with Crippen LogP contribution in [0.2, 0.25) is 0 Å². The van der Waals surface area contributed by atoms with Gasteiger partial charge in [-0.1, -0.05) is 0 Å². The molecule has 1 N–H and O–H groups in total. The summed E-state index contributed by atoms with van der Waals surface area (Å²) in [7, 11) is 3.78. The first-order valence-electron chi connectivity index (χ1n) is 5.23. The molecule has 0 bridgehead atoms. The molecule has 0 saturated carbocycles. The lowest BCUT2D eigenvalue weighted by Crippen LogP contribution is -1.99. The van der Waals surface area contributed by atoms with Gasteiger partial charge in [0.1, 0.15) is 5.82 Å². The van der Waals surface area contributed by atoms with E-state index >= 15 is 0 Å². The summed E-state index contributed by atoms with van der Waals surface area (Å²) >= 11 is 0. The zero-order valence-electron chi connectivity index (χ0n) is 9.70. The molecule has 0 aliphatic carbocycles. The highest BCUT2D eigenvalue weighted by Crippen LogP contribution is 2.22. The van der Waals surface area contributed by atoms with Gasteiger partial charge in [0.15, 0.2) is 6.29 Å². The summed E-state index contributed by atoms with van der Waals surface area (Å²) in [5.74, 6) is -0.345. The number of carbonyl (C=O) groups excluding carboxylic acids is 1. The van der Waals surface area contributed by atoms with Crippen LogP contribution in [0.15, 0.2) is 24.4 Å². The minimum absolute atomic E-state index is 0.345. The second-order valence-electron chi connectivity index (χ2n) is 4.04. The average molecular weight is 232 g/mol. The predicted molar refractivity (Wildman–Crippen MR) is 66.4 cm³/mol. The number of fused-ring (bicyclic) bond motifs is 1. The minimum atomic E-state index is -0.345. The standard InChI is InChI=1S/C13H13FN2O/c1-16(2)6-5-13-11(8-17)10-7-9(14)3-4-12(10)15-13/h3-8,15H,1-2H3. The fourth-order valence-corrected chi connectivity index (χ4v) is 1.69. The Hall–Kier alpha value is -2.10. The second kappa shape index (κ2) is 4.41. The van der Waals surface area contributed by atoms with Gasteiger partial charge in [0.05, 0.1) is 5.69 Å². The van der Waals surface area contributed by atoms with Crippen LogP contribution in [0.25, 0.3) is 17.0 Å². The number of hydrogen-bond donors (Lipinski definition) is 1. The third-order valence-electron chi connectivity index (χ3n) is 2.49. The van der Waals surface area contributed by atoms with Gasteiger partial charge in [-0.3, -0.25) is 4.79 Å². The van der Waals surface area contributed by atoms with Crippen LogP contribution >= 0.6 is 0 Å². The van der Waals surface area contributed by atoms with Gasteiger partial charge in [-0.05, 0) is 24.3 Å². The normalized spacial score (nSPS) is 11.2. The monoisotopic (exact) mass is 232 g/mol. The maximum absolute atomic E-state index is 13.1. The summed E-state index contributed by atoms with van der Waals surface area (Å²) in [5, 5.41) is 0.610. The van der Waals surface area contributed by atoms with Gasteiger partial charge >= 0.3 is 0 Å². The zero-order chi connectivity index (χ0) is 12.4. The molecule has 0 fully saturated rings. The van der Waals surface area contributed by atoms with Crippen LogP contribution in [0.5, 0.6) is 0 Å². The lowest BCUT2D eigenvalue weighted by molar-refractivity contribution is 0.112. The molecule has 0 amide bonds. The number of aromatic nitrogens is 1. The molecule has 0 aliphatic heterocycles. The van der Waals surface area contributed by atoms with Crippen LogP contribution in [0, 0.1) is 5.82 Å². The van der Waals surface area contributed by atoms with Crippen molar-refractivity contribution in [2.75, 3.05) is 14.1 Å². The third kappa shape index (κ3) is 2.20. The molecule has 0 saturated heterocycles.